The normalized spacial score (nSPS) is 17.7. The Morgan fingerprint density at radius 3 is 1.92 bits per heavy atom. The average molecular weight is 1030 g/mol. The van der Waals surface area contributed by atoms with E-state index in [2.05, 4.69) is 22.8 Å². The van der Waals surface area contributed by atoms with Gasteiger partial charge < -0.3 is 39.4 Å². The van der Waals surface area contributed by atoms with Crippen molar-refractivity contribution in [3.8, 4) is 11.1 Å². The van der Waals surface area contributed by atoms with Crippen molar-refractivity contribution in [1.29, 1.82) is 0 Å². The number of esters is 1. The number of amides is 5. The second kappa shape index (κ2) is 26.1. The number of halogens is 1. The Balaban J connectivity index is 1.27. The summed E-state index contributed by atoms with van der Waals surface area (Å²) in [6, 6.07) is 17.9. The third-order valence-electron chi connectivity index (χ3n) is 14.8. The molecule has 1 saturated heterocycles. The number of benzene rings is 3. The molecule has 0 aromatic heterocycles. The molecule has 0 unspecified atom stereocenters. The molecule has 1 fully saturated rings. The highest BCUT2D eigenvalue weighted by Crippen LogP contribution is 2.44. The lowest BCUT2D eigenvalue weighted by molar-refractivity contribution is -0.159. The van der Waals surface area contributed by atoms with Crippen molar-refractivity contribution >= 4 is 35.7 Å². The lowest BCUT2D eigenvalue weighted by Crippen LogP contribution is -2.60. The van der Waals surface area contributed by atoms with E-state index in [1.54, 1.807) is 62.7 Å². The number of ether oxygens (including phenoxy) is 4. The summed E-state index contributed by atoms with van der Waals surface area (Å²) < 4.78 is 38.5. The van der Waals surface area contributed by atoms with Crippen LogP contribution in [-0.4, -0.2) is 140 Å². The van der Waals surface area contributed by atoms with Crippen molar-refractivity contribution in [2.24, 2.45) is 23.7 Å². The molecule has 2 N–H and O–H groups in total. The molecule has 406 valence electrons. The maximum absolute atomic E-state index is 14.8. The molecular weight excluding hydrogens is 946 g/mol. The number of hydrogen-bond donors (Lipinski definition) is 2. The molecule has 2 aliphatic rings. The highest BCUT2D eigenvalue weighted by Gasteiger charge is 2.44. The predicted molar refractivity (Wildman–Crippen MR) is 282 cm³/mol. The standard InChI is InChI=1S/C58H82FN5O10/c1-15-36(6)51(47(71-13)32-48(65)64-30-22-29-46(64)52(72-14)37(7)53(66)60-45(56(69)74-58(8,9)10)31-38-23-16-21-28-44(38)59)62(11)55(68)49(34(2)3)61-54(67)50(35(4)5)63(12)57(70)73-33-43-41-26-19-17-24-39(41)40-25-18-20-27-42(40)43/h16-21,23-28,34-37,43,45-47,49-52H,15,22,29-33H2,1-14H3,(H,60,66)(H,61,67)/t36-,37+,45-,46-,47+,49-,50-,51-,52+/m0/s1. The van der Waals surface area contributed by atoms with E-state index in [-0.39, 0.29) is 60.5 Å². The van der Waals surface area contributed by atoms with Crippen LogP contribution in [0.15, 0.2) is 72.8 Å². The number of carbonyl (C=O) groups is 6. The van der Waals surface area contributed by atoms with Crippen LogP contribution in [0, 0.1) is 29.5 Å². The van der Waals surface area contributed by atoms with E-state index in [4.69, 9.17) is 18.9 Å². The Morgan fingerprint density at radius 1 is 0.784 bits per heavy atom. The minimum absolute atomic E-state index is 0.0841. The van der Waals surface area contributed by atoms with E-state index < -0.39 is 83.6 Å². The molecule has 3 aromatic rings. The first kappa shape index (κ1) is 59.0. The van der Waals surface area contributed by atoms with E-state index in [0.29, 0.717) is 25.8 Å². The molecule has 0 bridgehead atoms. The summed E-state index contributed by atoms with van der Waals surface area (Å²) in [4.78, 5) is 89.5. The average Bonchev–Trinajstić information content (AvgIpc) is 3.97. The minimum atomic E-state index is -1.20. The third-order valence-corrected chi connectivity index (χ3v) is 14.8. The highest BCUT2D eigenvalue weighted by atomic mass is 19.1. The molecule has 16 heteroatoms. The van der Waals surface area contributed by atoms with Gasteiger partial charge in [0.2, 0.25) is 23.6 Å². The minimum Gasteiger partial charge on any atom is -0.458 e. The van der Waals surface area contributed by atoms with Gasteiger partial charge in [0, 0.05) is 47.2 Å². The number of nitrogens with zero attached hydrogens (tertiary/aromatic N) is 3. The fraction of sp³-hybridized carbons (Fsp3) is 0.586. The molecule has 15 nitrogen and oxygen atoms in total. The molecule has 1 aliphatic carbocycles. The zero-order chi connectivity index (χ0) is 54.8. The van der Waals surface area contributed by atoms with Gasteiger partial charge in [-0.1, -0.05) is 122 Å². The number of rotatable bonds is 23. The summed E-state index contributed by atoms with van der Waals surface area (Å²) in [7, 11) is 6.18. The largest absolute Gasteiger partial charge is 0.458 e. The second-order valence-electron chi connectivity index (χ2n) is 21.8. The van der Waals surface area contributed by atoms with Crippen LogP contribution in [0.5, 0.6) is 0 Å². The third kappa shape index (κ3) is 14.1. The summed E-state index contributed by atoms with van der Waals surface area (Å²) in [6.07, 6.45) is -0.615. The number of nitrogens with one attached hydrogen (secondary N) is 2. The number of likely N-dealkylation sites (tertiary alicyclic amines) is 1. The van der Waals surface area contributed by atoms with Gasteiger partial charge in [-0.2, -0.15) is 0 Å². The molecule has 1 aliphatic heterocycles. The number of likely N-dealkylation sites (N-methyl/N-ethyl adjacent to an activating group) is 2. The van der Waals surface area contributed by atoms with Gasteiger partial charge in [0.25, 0.3) is 0 Å². The summed E-state index contributed by atoms with van der Waals surface area (Å²) >= 11 is 0. The van der Waals surface area contributed by atoms with Gasteiger partial charge in [-0.25, -0.2) is 14.0 Å². The molecule has 3 aromatic carbocycles. The number of hydrogen-bond acceptors (Lipinski definition) is 10. The molecule has 9 atom stereocenters. The molecular formula is C58H82FN5O10. The van der Waals surface area contributed by atoms with Gasteiger partial charge >= 0.3 is 12.1 Å². The monoisotopic (exact) mass is 1030 g/mol. The van der Waals surface area contributed by atoms with Crippen molar-refractivity contribution in [3.63, 3.8) is 0 Å². The maximum Gasteiger partial charge on any atom is 0.410 e. The fourth-order valence-electron chi connectivity index (χ4n) is 10.8. The van der Waals surface area contributed by atoms with Crippen LogP contribution in [0.4, 0.5) is 9.18 Å². The smallest absolute Gasteiger partial charge is 0.410 e. The van der Waals surface area contributed by atoms with E-state index >= 15 is 0 Å². The van der Waals surface area contributed by atoms with Gasteiger partial charge in [-0.3, -0.25) is 24.1 Å². The summed E-state index contributed by atoms with van der Waals surface area (Å²) in [5.41, 5.74) is 3.71. The van der Waals surface area contributed by atoms with Crippen molar-refractivity contribution in [3.05, 3.63) is 95.3 Å². The van der Waals surface area contributed by atoms with Gasteiger partial charge in [0.1, 0.15) is 36.2 Å². The molecule has 5 rings (SSSR count). The lowest BCUT2D eigenvalue weighted by Gasteiger charge is -2.41. The summed E-state index contributed by atoms with van der Waals surface area (Å²) in [5, 5.41) is 5.79. The van der Waals surface area contributed by atoms with E-state index in [0.717, 1.165) is 22.3 Å². The van der Waals surface area contributed by atoms with Crippen molar-refractivity contribution in [1.82, 2.24) is 25.3 Å². The molecule has 1 heterocycles. The first-order chi connectivity index (χ1) is 34.9. The van der Waals surface area contributed by atoms with Gasteiger partial charge in [0.05, 0.1) is 36.6 Å². The first-order valence-corrected chi connectivity index (χ1v) is 26.2. The summed E-state index contributed by atoms with van der Waals surface area (Å²) in [5.74, 6) is -4.76. The van der Waals surface area contributed by atoms with Gasteiger partial charge in [-0.05, 0) is 85.3 Å². The van der Waals surface area contributed by atoms with Crippen LogP contribution >= 0.6 is 0 Å². The van der Waals surface area contributed by atoms with E-state index in [1.165, 1.54) is 32.2 Å². The second-order valence-corrected chi connectivity index (χ2v) is 21.8. The van der Waals surface area contributed by atoms with Crippen LogP contribution in [0.1, 0.15) is 118 Å². The van der Waals surface area contributed by atoms with E-state index in [9.17, 15) is 33.2 Å². The Morgan fingerprint density at radius 2 is 1.38 bits per heavy atom. The zero-order valence-electron chi connectivity index (χ0n) is 46.1. The quantitative estimate of drug-likeness (QED) is 0.0883. The number of carbonyl (C=O) groups excluding carboxylic acids is 6. The van der Waals surface area contributed by atoms with Gasteiger partial charge in [-0.15, -0.1) is 0 Å². The molecule has 0 spiro atoms. The molecule has 0 saturated carbocycles. The van der Waals surface area contributed by atoms with Crippen LogP contribution in [-0.2, 0) is 49.3 Å². The lowest BCUT2D eigenvalue weighted by atomic mass is 9.89. The maximum atomic E-state index is 14.8. The van der Waals surface area contributed by atoms with Gasteiger partial charge in [0.15, 0.2) is 0 Å². The SMILES string of the molecule is CC[C@H](C)[C@@H]([C@@H](CC(=O)N1CCC[C@H]1[C@H](OC)[C@@H](C)C(=O)N[C@@H](Cc1ccccc1F)C(=O)OC(C)(C)C)OC)N(C)C(=O)[C@@H](NC(=O)[C@H](C(C)C)N(C)C(=O)OCC1c2ccccc2-c2ccccc21)C(C)C. The van der Waals surface area contributed by atoms with Crippen LogP contribution in [0.25, 0.3) is 11.1 Å². The molecule has 0 radical (unpaired) electrons. The zero-order valence-corrected chi connectivity index (χ0v) is 46.1. The molecule has 5 amide bonds. The number of methoxy groups -OCH3 is 2. The van der Waals surface area contributed by atoms with Crippen LogP contribution < -0.4 is 10.6 Å². The van der Waals surface area contributed by atoms with E-state index in [1.807, 2.05) is 77.9 Å². The van der Waals surface area contributed by atoms with Crippen molar-refractivity contribution in [2.45, 2.75) is 155 Å². The van der Waals surface area contributed by atoms with Crippen LogP contribution in [0.3, 0.4) is 0 Å². The van der Waals surface area contributed by atoms with Crippen molar-refractivity contribution in [2.75, 3.05) is 41.5 Å². The summed E-state index contributed by atoms with van der Waals surface area (Å²) in [6.45, 7) is 18.6. The Hall–Kier alpha value is -5.87. The van der Waals surface area contributed by atoms with Crippen molar-refractivity contribution < 1.29 is 52.1 Å². The highest BCUT2D eigenvalue weighted by molar-refractivity contribution is 5.92. The molecule has 74 heavy (non-hydrogen) atoms. The first-order valence-electron chi connectivity index (χ1n) is 26.2. The Bertz CT molecular complexity index is 2380. The fourth-order valence-corrected chi connectivity index (χ4v) is 10.8. The Kier molecular flexibility index (Phi) is 20.8. The number of fused-ring (bicyclic) bond motifs is 3. The van der Waals surface area contributed by atoms with Crippen LogP contribution in [0.2, 0.25) is 0 Å². The topological polar surface area (TPSA) is 173 Å². The Labute approximate surface area is 438 Å². The predicted octanol–water partition coefficient (Wildman–Crippen LogP) is 8.16.